The van der Waals surface area contributed by atoms with E-state index in [1.54, 1.807) is 44.2 Å². The van der Waals surface area contributed by atoms with Gasteiger partial charge in [0.2, 0.25) is 0 Å². The lowest BCUT2D eigenvalue weighted by Gasteiger charge is -2.16. The lowest BCUT2D eigenvalue weighted by atomic mass is 10.1. The van der Waals surface area contributed by atoms with Crippen molar-refractivity contribution in [2.75, 3.05) is 6.61 Å². The fourth-order valence-electron chi connectivity index (χ4n) is 2.95. The molecule has 3 aromatic rings. The van der Waals surface area contributed by atoms with Crippen molar-refractivity contribution in [2.24, 2.45) is 0 Å². The first-order valence-corrected chi connectivity index (χ1v) is 9.41. The highest BCUT2D eigenvalue weighted by Gasteiger charge is 2.34. The number of halogens is 4. The summed E-state index contributed by atoms with van der Waals surface area (Å²) in [5.41, 5.74) is 0.832. The van der Waals surface area contributed by atoms with Crippen LogP contribution >= 0.6 is 11.6 Å². The van der Waals surface area contributed by atoms with Gasteiger partial charge in [0.15, 0.2) is 6.61 Å². The number of benzene rings is 2. The topological polar surface area (TPSA) is 56.2 Å². The molecule has 0 atom stereocenters. The van der Waals surface area contributed by atoms with E-state index >= 15 is 0 Å². The van der Waals surface area contributed by atoms with Crippen molar-refractivity contribution in [1.29, 1.82) is 0 Å². The molecular formula is C21H19ClF3N3O2. The maximum atomic E-state index is 13.6. The first-order valence-electron chi connectivity index (χ1n) is 9.03. The Labute approximate surface area is 176 Å². The molecule has 1 aromatic heterocycles. The molecule has 0 aliphatic heterocycles. The Bertz CT molecular complexity index is 1060. The lowest BCUT2D eigenvalue weighted by Crippen LogP contribution is -2.29. The highest BCUT2D eigenvalue weighted by Crippen LogP contribution is 2.33. The average molecular weight is 438 g/mol. The Balaban J connectivity index is 1.73. The van der Waals surface area contributed by atoms with Gasteiger partial charge in [0, 0.05) is 12.2 Å². The summed E-state index contributed by atoms with van der Waals surface area (Å²) >= 11 is 5.94. The van der Waals surface area contributed by atoms with Crippen LogP contribution in [0.4, 0.5) is 13.2 Å². The number of carbonyl (C=O) groups is 1. The molecule has 5 nitrogen and oxygen atoms in total. The number of hydrogen-bond acceptors (Lipinski definition) is 3. The minimum atomic E-state index is -4.58. The van der Waals surface area contributed by atoms with E-state index in [0.29, 0.717) is 22.2 Å². The fraction of sp³-hybridized carbons (Fsp3) is 0.238. The summed E-state index contributed by atoms with van der Waals surface area (Å²) in [5, 5.41) is 7.00. The predicted molar refractivity (Wildman–Crippen MR) is 107 cm³/mol. The molecule has 1 amide bonds. The number of nitrogens with zero attached hydrogens (tertiary/aromatic N) is 2. The van der Waals surface area contributed by atoms with E-state index in [0.717, 1.165) is 11.8 Å². The summed E-state index contributed by atoms with van der Waals surface area (Å²) < 4.78 is 47.6. The van der Waals surface area contributed by atoms with Gasteiger partial charge >= 0.3 is 6.18 Å². The summed E-state index contributed by atoms with van der Waals surface area (Å²) in [6.07, 6.45) is -4.58. The molecule has 0 aliphatic rings. The molecular weight excluding hydrogens is 419 g/mol. The molecule has 3 rings (SSSR count). The number of aromatic nitrogens is 2. The first-order chi connectivity index (χ1) is 14.1. The number of ether oxygens (including phenoxy) is 1. The minimum Gasteiger partial charge on any atom is -0.482 e. The third-order valence-electron chi connectivity index (χ3n) is 4.32. The third kappa shape index (κ3) is 5.13. The Morgan fingerprint density at radius 2 is 1.90 bits per heavy atom. The Hall–Kier alpha value is -3.00. The van der Waals surface area contributed by atoms with Crippen LogP contribution in [0.3, 0.4) is 0 Å². The lowest BCUT2D eigenvalue weighted by molar-refractivity contribution is -0.138. The molecule has 0 saturated heterocycles. The van der Waals surface area contributed by atoms with Crippen LogP contribution < -0.4 is 10.1 Å². The Morgan fingerprint density at radius 1 is 1.17 bits per heavy atom. The van der Waals surface area contributed by atoms with Gasteiger partial charge in [-0.15, -0.1) is 0 Å². The summed E-state index contributed by atoms with van der Waals surface area (Å²) in [6, 6.07) is 12.3. The molecule has 1 N–H and O–H groups in total. The van der Waals surface area contributed by atoms with Crippen molar-refractivity contribution < 1.29 is 22.7 Å². The normalized spacial score (nSPS) is 11.4. The van der Waals surface area contributed by atoms with Gasteiger partial charge < -0.3 is 10.1 Å². The van der Waals surface area contributed by atoms with Crippen LogP contribution in [0.2, 0.25) is 5.02 Å². The van der Waals surface area contributed by atoms with E-state index in [4.69, 9.17) is 16.3 Å². The Morgan fingerprint density at radius 3 is 2.53 bits per heavy atom. The van der Waals surface area contributed by atoms with Crippen LogP contribution in [-0.2, 0) is 17.5 Å². The monoisotopic (exact) mass is 437 g/mol. The third-order valence-corrected chi connectivity index (χ3v) is 4.64. The molecule has 9 heteroatoms. The molecule has 0 radical (unpaired) electrons. The maximum absolute atomic E-state index is 13.6. The number of amides is 1. The van der Waals surface area contributed by atoms with Crippen LogP contribution in [-0.4, -0.2) is 22.3 Å². The van der Waals surface area contributed by atoms with E-state index < -0.39 is 17.6 Å². The smallest absolute Gasteiger partial charge is 0.416 e. The highest BCUT2D eigenvalue weighted by molar-refractivity contribution is 6.32. The summed E-state index contributed by atoms with van der Waals surface area (Å²) in [7, 11) is 0. The maximum Gasteiger partial charge on any atom is 0.416 e. The van der Waals surface area contributed by atoms with Crippen molar-refractivity contribution in [2.45, 2.75) is 26.6 Å². The van der Waals surface area contributed by atoms with E-state index in [9.17, 15) is 18.0 Å². The van der Waals surface area contributed by atoms with Gasteiger partial charge in [-0.2, -0.15) is 18.3 Å². The number of hydrogen-bond donors (Lipinski definition) is 1. The first kappa shape index (κ1) is 21.7. The molecule has 2 aromatic carbocycles. The summed E-state index contributed by atoms with van der Waals surface area (Å²) in [6.45, 7) is 2.87. The summed E-state index contributed by atoms with van der Waals surface area (Å²) in [5.74, 6) is -0.245. The number of nitrogens with one attached hydrogen (secondary N) is 1. The second kappa shape index (κ2) is 8.79. The van der Waals surface area contributed by atoms with Crippen LogP contribution in [0.5, 0.6) is 5.75 Å². The quantitative estimate of drug-likeness (QED) is 0.599. The van der Waals surface area contributed by atoms with Crippen LogP contribution in [0.15, 0.2) is 48.5 Å². The van der Waals surface area contributed by atoms with Crippen molar-refractivity contribution in [3.05, 3.63) is 76.1 Å². The van der Waals surface area contributed by atoms with Gasteiger partial charge in [-0.1, -0.05) is 29.8 Å². The molecule has 0 saturated carbocycles. The zero-order valence-corrected chi connectivity index (χ0v) is 17.0. The number of carbonyl (C=O) groups excluding carboxylic acids is 1. The molecule has 0 unspecified atom stereocenters. The van der Waals surface area contributed by atoms with Crippen LogP contribution in [0.1, 0.15) is 22.5 Å². The van der Waals surface area contributed by atoms with E-state index in [1.807, 2.05) is 0 Å². The van der Waals surface area contributed by atoms with Gasteiger partial charge in [-0.05, 0) is 49.7 Å². The highest BCUT2D eigenvalue weighted by atomic mass is 35.5. The van der Waals surface area contributed by atoms with Gasteiger partial charge in [0.25, 0.3) is 5.91 Å². The van der Waals surface area contributed by atoms with E-state index in [-0.39, 0.29) is 18.7 Å². The predicted octanol–water partition coefficient (Wildman–Crippen LogP) is 4.86. The fourth-order valence-corrected chi connectivity index (χ4v) is 3.14. The standard InChI is InChI=1S/C21H19ClF3N3O2/c1-13-9-14(2)28(27-13)16-8-7-15(17(10-16)21(23,24)25)11-26-20(29)12-30-19-6-4-3-5-18(19)22/h3-10H,11-12H2,1-2H3,(H,26,29). The second-order valence-corrected chi connectivity index (χ2v) is 7.08. The number of para-hydroxylation sites is 1. The van der Waals surface area contributed by atoms with Crippen LogP contribution in [0, 0.1) is 13.8 Å². The van der Waals surface area contributed by atoms with Gasteiger partial charge in [0.05, 0.1) is 22.0 Å². The number of rotatable bonds is 6. The zero-order valence-electron chi connectivity index (χ0n) is 16.3. The van der Waals surface area contributed by atoms with Gasteiger partial charge in [-0.25, -0.2) is 4.68 Å². The van der Waals surface area contributed by atoms with Crippen molar-refractivity contribution in [3.63, 3.8) is 0 Å². The molecule has 0 fully saturated rings. The van der Waals surface area contributed by atoms with E-state index in [2.05, 4.69) is 10.4 Å². The zero-order chi connectivity index (χ0) is 21.9. The second-order valence-electron chi connectivity index (χ2n) is 6.67. The SMILES string of the molecule is Cc1cc(C)n(-c2ccc(CNC(=O)COc3ccccc3Cl)c(C(F)(F)F)c2)n1. The summed E-state index contributed by atoms with van der Waals surface area (Å²) in [4.78, 5) is 12.0. The number of aryl methyl sites for hydroxylation is 2. The van der Waals surface area contributed by atoms with Crippen LogP contribution in [0.25, 0.3) is 5.69 Å². The van der Waals surface area contributed by atoms with Crippen molar-refractivity contribution >= 4 is 17.5 Å². The Kier molecular flexibility index (Phi) is 6.36. The number of alkyl halides is 3. The average Bonchev–Trinajstić information content (AvgIpc) is 3.03. The molecule has 0 spiro atoms. The molecule has 0 aliphatic carbocycles. The van der Waals surface area contributed by atoms with Gasteiger partial charge in [-0.3, -0.25) is 4.79 Å². The van der Waals surface area contributed by atoms with Gasteiger partial charge in [0.1, 0.15) is 5.75 Å². The minimum absolute atomic E-state index is 0.0566. The largest absolute Gasteiger partial charge is 0.482 e. The van der Waals surface area contributed by atoms with E-state index in [1.165, 1.54) is 16.8 Å². The van der Waals surface area contributed by atoms with Crippen molar-refractivity contribution in [1.82, 2.24) is 15.1 Å². The van der Waals surface area contributed by atoms with Crippen molar-refractivity contribution in [3.8, 4) is 11.4 Å². The molecule has 0 bridgehead atoms. The molecule has 158 valence electrons. The molecule has 30 heavy (non-hydrogen) atoms. The molecule has 1 heterocycles.